The van der Waals surface area contributed by atoms with Crippen LogP contribution in [0.1, 0.15) is 30.1 Å². The van der Waals surface area contributed by atoms with Crippen LogP contribution in [0, 0.1) is 5.82 Å². The minimum absolute atomic E-state index is 0.0877. The largest absolute Gasteiger partial charge is 0.483 e. The summed E-state index contributed by atoms with van der Waals surface area (Å²) in [5.41, 5.74) is 0.481. The summed E-state index contributed by atoms with van der Waals surface area (Å²) in [6, 6.07) is 12.7. The van der Waals surface area contributed by atoms with E-state index in [1.807, 2.05) is 0 Å². The van der Waals surface area contributed by atoms with Gasteiger partial charge >= 0.3 is 0 Å². The summed E-state index contributed by atoms with van der Waals surface area (Å²) in [6.45, 7) is 2.39. The third kappa shape index (κ3) is 5.31. The molecule has 2 aromatic rings. The van der Waals surface area contributed by atoms with Gasteiger partial charge in [-0.2, -0.15) is 0 Å². The summed E-state index contributed by atoms with van der Waals surface area (Å²) in [5.74, 6) is -0.862. The minimum Gasteiger partial charge on any atom is -0.483 e. The van der Waals surface area contributed by atoms with Gasteiger partial charge in [-0.15, -0.1) is 0 Å². The van der Waals surface area contributed by atoms with Crippen LogP contribution >= 0.6 is 0 Å². The molecule has 2 aromatic carbocycles. The number of carbonyl (C=O) groups is 2. The van der Waals surface area contributed by atoms with Crippen molar-refractivity contribution in [1.29, 1.82) is 0 Å². The zero-order valence-electron chi connectivity index (χ0n) is 15.0. The molecule has 138 valence electrons. The Morgan fingerprint density at radius 2 is 1.81 bits per heavy atom. The molecule has 2 amide bonds. The molecule has 0 bridgehead atoms. The van der Waals surface area contributed by atoms with E-state index >= 15 is 0 Å². The van der Waals surface area contributed by atoms with E-state index in [2.05, 4.69) is 12.2 Å². The number of hydrogen-bond donors (Lipinski definition) is 1. The van der Waals surface area contributed by atoms with Crippen molar-refractivity contribution in [2.75, 3.05) is 25.5 Å². The first-order chi connectivity index (χ1) is 12.5. The van der Waals surface area contributed by atoms with Gasteiger partial charge in [0.05, 0.1) is 11.3 Å². The second-order valence-electron chi connectivity index (χ2n) is 5.89. The maximum atomic E-state index is 13.6. The van der Waals surface area contributed by atoms with Crippen molar-refractivity contribution in [3.8, 4) is 5.75 Å². The van der Waals surface area contributed by atoms with E-state index in [4.69, 9.17) is 4.74 Å². The molecule has 26 heavy (non-hydrogen) atoms. The van der Waals surface area contributed by atoms with Crippen molar-refractivity contribution >= 4 is 17.5 Å². The highest BCUT2D eigenvalue weighted by molar-refractivity contribution is 5.97. The lowest BCUT2D eigenvalue weighted by Gasteiger charge is -2.18. The Kier molecular flexibility index (Phi) is 7.14. The zero-order valence-corrected chi connectivity index (χ0v) is 15.0. The Balaban J connectivity index is 2.00. The van der Waals surface area contributed by atoms with E-state index in [-0.39, 0.29) is 18.2 Å². The van der Waals surface area contributed by atoms with Gasteiger partial charge in [0.15, 0.2) is 6.61 Å². The molecule has 0 unspecified atom stereocenters. The number of nitrogens with zero attached hydrogens (tertiary/aromatic N) is 1. The van der Waals surface area contributed by atoms with Crippen molar-refractivity contribution in [2.45, 2.75) is 19.8 Å². The van der Waals surface area contributed by atoms with Gasteiger partial charge < -0.3 is 15.0 Å². The molecule has 0 aliphatic carbocycles. The molecule has 5 nitrogen and oxygen atoms in total. The number of unbranched alkanes of at least 4 members (excludes halogenated alkanes) is 1. The van der Waals surface area contributed by atoms with Gasteiger partial charge in [-0.25, -0.2) is 4.39 Å². The maximum absolute atomic E-state index is 13.6. The Labute approximate surface area is 152 Å². The molecule has 0 radical (unpaired) electrons. The van der Waals surface area contributed by atoms with Crippen LogP contribution in [-0.2, 0) is 4.79 Å². The monoisotopic (exact) mass is 358 g/mol. The van der Waals surface area contributed by atoms with Gasteiger partial charge in [0, 0.05) is 13.6 Å². The second kappa shape index (κ2) is 9.56. The standard InChI is InChI=1S/C20H23FN2O3/c1-3-4-13-23(2)20(25)15-9-5-8-12-18(15)26-14-19(24)22-17-11-7-6-10-16(17)21/h5-12H,3-4,13-14H2,1-2H3,(H,22,24). The van der Waals surface area contributed by atoms with Crippen molar-refractivity contribution < 1.29 is 18.7 Å². The van der Waals surface area contributed by atoms with Crippen LogP contribution < -0.4 is 10.1 Å². The van der Waals surface area contributed by atoms with E-state index in [0.29, 0.717) is 17.9 Å². The number of carbonyl (C=O) groups excluding carboxylic acids is 2. The molecule has 0 saturated carbocycles. The third-order valence-corrected chi connectivity index (χ3v) is 3.82. The predicted molar refractivity (Wildman–Crippen MR) is 98.8 cm³/mol. The SMILES string of the molecule is CCCCN(C)C(=O)c1ccccc1OCC(=O)Nc1ccccc1F. The number of nitrogens with one attached hydrogen (secondary N) is 1. The summed E-state index contributed by atoms with van der Waals surface area (Å²) in [4.78, 5) is 26.2. The van der Waals surface area contributed by atoms with Crippen LogP contribution in [0.3, 0.4) is 0 Å². The van der Waals surface area contributed by atoms with Gasteiger partial charge in [-0.3, -0.25) is 9.59 Å². The third-order valence-electron chi connectivity index (χ3n) is 3.82. The maximum Gasteiger partial charge on any atom is 0.262 e. The molecule has 0 spiro atoms. The van der Waals surface area contributed by atoms with Crippen LogP contribution in [0.15, 0.2) is 48.5 Å². The number of amides is 2. The van der Waals surface area contributed by atoms with Gasteiger partial charge in [0.25, 0.3) is 11.8 Å². The predicted octanol–water partition coefficient (Wildman–Crippen LogP) is 3.72. The first-order valence-corrected chi connectivity index (χ1v) is 8.54. The molecule has 1 N–H and O–H groups in total. The molecule has 0 heterocycles. The quantitative estimate of drug-likeness (QED) is 0.782. The topological polar surface area (TPSA) is 58.6 Å². The molecule has 0 atom stereocenters. The van der Waals surface area contributed by atoms with E-state index < -0.39 is 11.7 Å². The summed E-state index contributed by atoms with van der Waals surface area (Å²) in [6.07, 6.45) is 1.91. The minimum atomic E-state index is -0.519. The van der Waals surface area contributed by atoms with Crippen LogP contribution in [0.5, 0.6) is 5.75 Å². The molecular formula is C20H23FN2O3. The Morgan fingerprint density at radius 3 is 2.54 bits per heavy atom. The Morgan fingerprint density at radius 1 is 1.12 bits per heavy atom. The molecule has 0 aliphatic rings. The van der Waals surface area contributed by atoms with Crippen molar-refractivity contribution in [1.82, 2.24) is 4.90 Å². The average molecular weight is 358 g/mol. The first-order valence-electron chi connectivity index (χ1n) is 8.54. The van der Waals surface area contributed by atoms with E-state index in [1.165, 1.54) is 12.1 Å². The second-order valence-corrected chi connectivity index (χ2v) is 5.89. The van der Waals surface area contributed by atoms with Gasteiger partial charge in [0.1, 0.15) is 11.6 Å². The highest BCUT2D eigenvalue weighted by atomic mass is 19.1. The summed E-state index contributed by atoms with van der Waals surface area (Å²) >= 11 is 0. The average Bonchev–Trinajstić information content (AvgIpc) is 2.66. The van der Waals surface area contributed by atoms with Crippen molar-refractivity contribution in [3.63, 3.8) is 0 Å². The van der Waals surface area contributed by atoms with Crippen LogP contribution in [-0.4, -0.2) is 36.9 Å². The fraction of sp³-hybridized carbons (Fsp3) is 0.300. The number of hydrogen-bond acceptors (Lipinski definition) is 3. The molecule has 0 aliphatic heterocycles. The number of rotatable bonds is 8. The number of ether oxygens (including phenoxy) is 1. The summed E-state index contributed by atoms with van der Waals surface area (Å²) in [5, 5.41) is 2.45. The van der Waals surface area contributed by atoms with Crippen molar-refractivity contribution in [2.24, 2.45) is 0 Å². The molecule has 0 aromatic heterocycles. The molecule has 0 saturated heterocycles. The lowest BCUT2D eigenvalue weighted by atomic mass is 10.1. The van der Waals surface area contributed by atoms with Crippen LogP contribution in [0.25, 0.3) is 0 Å². The van der Waals surface area contributed by atoms with E-state index in [9.17, 15) is 14.0 Å². The normalized spacial score (nSPS) is 10.3. The number of anilines is 1. The number of halogens is 1. The van der Waals surface area contributed by atoms with Gasteiger partial charge in [0.2, 0.25) is 0 Å². The lowest BCUT2D eigenvalue weighted by Crippen LogP contribution is -2.28. The molecule has 6 heteroatoms. The van der Waals surface area contributed by atoms with Crippen LogP contribution in [0.2, 0.25) is 0 Å². The highest BCUT2D eigenvalue weighted by Crippen LogP contribution is 2.20. The van der Waals surface area contributed by atoms with Crippen LogP contribution in [0.4, 0.5) is 10.1 Å². The molecule has 0 fully saturated rings. The lowest BCUT2D eigenvalue weighted by molar-refractivity contribution is -0.118. The zero-order chi connectivity index (χ0) is 18.9. The molecular weight excluding hydrogens is 335 g/mol. The van der Waals surface area contributed by atoms with Crippen molar-refractivity contribution in [3.05, 3.63) is 59.9 Å². The Hall–Kier alpha value is -2.89. The van der Waals surface area contributed by atoms with E-state index in [0.717, 1.165) is 12.8 Å². The van der Waals surface area contributed by atoms with Gasteiger partial charge in [-0.1, -0.05) is 37.6 Å². The molecule has 2 rings (SSSR count). The first kappa shape index (κ1) is 19.4. The fourth-order valence-electron chi connectivity index (χ4n) is 2.36. The van der Waals surface area contributed by atoms with Gasteiger partial charge in [-0.05, 0) is 30.7 Å². The summed E-state index contributed by atoms with van der Waals surface area (Å²) in [7, 11) is 1.74. The summed E-state index contributed by atoms with van der Waals surface area (Å²) < 4.78 is 19.1. The fourth-order valence-corrected chi connectivity index (χ4v) is 2.36. The number of para-hydroxylation sites is 2. The highest BCUT2D eigenvalue weighted by Gasteiger charge is 2.17. The number of benzene rings is 2. The smallest absolute Gasteiger partial charge is 0.262 e. The Bertz CT molecular complexity index is 764. The van der Waals surface area contributed by atoms with E-state index in [1.54, 1.807) is 48.3 Å².